The Kier molecular flexibility index (Phi) is 10.3. The first-order valence-corrected chi connectivity index (χ1v) is 15.5. The number of nitrogens with zero attached hydrogens (tertiary/aromatic N) is 2. The van der Waals surface area contributed by atoms with Gasteiger partial charge in [0.25, 0.3) is 10.0 Å². The minimum atomic E-state index is -4.25. The number of anilines is 1. The van der Waals surface area contributed by atoms with E-state index in [1.807, 2.05) is 81.4 Å². The third kappa shape index (κ3) is 8.29. The third-order valence-corrected chi connectivity index (χ3v) is 8.69. The van der Waals surface area contributed by atoms with Crippen LogP contribution in [0.1, 0.15) is 30.5 Å². The lowest BCUT2D eigenvalue weighted by molar-refractivity contribution is -0.140. The Labute approximate surface area is 253 Å². The highest BCUT2D eigenvalue weighted by atomic mass is 32.2. The molecule has 0 spiro atoms. The van der Waals surface area contributed by atoms with Crippen molar-refractivity contribution in [3.63, 3.8) is 0 Å². The fraction of sp³-hybridized carbons (Fsp3) is 0.235. The third-order valence-electron chi connectivity index (χ3n) is 6.90. The first-order valence-electron chi connectivity index (χ1n) is 14.1. The molecule has 0 aliphatic heterocycles. The van der Waals surface area contributed by atoms with Crippen molar-refractivity contribution in [3.05, 3.63) is 132 Å². The van der Waals surface area contributed by atoms with Crippen molar-refractivity contribution >= 4 is 27.5 Å². The van der Waals surface area contributed by atoms with Crippen LogP contribution in [-0.2, 0) is 32.6 Å². The maximum absolute atomic E-state index is 14.3. The molecule has 4 aromatic rings. The van der Waals surface area contributed by atoms with Gasteiger partial charge in [-0.15, -0.1) is 0 Å². The van der Waals surface area contributed by atoms with Crippen molar-refractivity contribution in [1.29, 1.82) is 0 Å². The van der Waals surface area contributed by atoms with Crippen molar-refractivity contribution in [3.8, 4) is 0 Å². The van der Waals surface area contributed by atoms with E-state index in [4.69, 9.17) is 0 Å². The predicted octanol–water partition coefficient (Wildman–Crippen LogP) is 5.49. The maximum Gasteiger partial charge on any atom is 0.264 e. The highest BCUT2D eigenvalue weighted by molar-refractivity contribution is 7.92. The smallest absolute Gasteiger partial charge is 0.264 e. The highest BCUT2D eigenvalue weighted by Gasteiger charge is 2.34. The van der Waals surface area contributed by atoms with Crippen LogP contribution in [0.15, 0.2) is 114 Å². The van der Waals surface area contributed by atoms with Crippen molar-refractivity contribution in [2.75, 3.05) is 10.8 Å². The molecule has 0 unspecified atom stereocenters. The average Bonchev–Trinajstić information content (AvgIpc) is 2.99. The van der Waals surface area contributed by atoms with Crippen LogP contribution in [0.25, 0.3) is 0 Å². The van der Waals surface area contributed by atoms with E-state index in [-0.39, 0.29) is 35.5 Å². The summed E-state index contributed by atoms with van der Waals surface area (Å²) in [6.07, 6.45) is 0.221. The second kappa shape index (κ2) is 14.1. The number of carbonyl (C=O) groups excluding carboxylic acids is 2. The Hall–Kier alpha value is -4.50. The Morgan fingerprint density at radius 3 is 1.91 bits per heavy atom. The summed E-state index contributed by atoms with van der Waals surface area (Å²) in [5.74, 6) is -1.47. The molecule has 0 aromatic heterocycles. The van der Waals surface area contributed by atoms with Gasteiger partial charge in [-0.3, -0.25) is 13.9 Å². The molecule has 0 radical (unpaired) electrons. The van der Waals surface area contributed by atoms with E-state index >= 15 is 0 Å². The highest BCUT2D eigenvalue weighted by Crippen LogP contribution is 2.25. The minimum Gasteiger partial charge on any atom is -0.352 e. The van der Waals surface area contributed by atoms with Gasteiger partial charge < -0.3 is 10.2 Å². The number of aryl methyl sites for hydroxylation is 1. The molecular formula is C34H36FN3O4S. The van der Waals surface area contributed by atoms with Crippen molar-refractivity contribution < 1.29 is 22.4 Å². The fourth-order valence-corrected chi connectivity index (χ4v) is 6.10. The van der Waals surface area contributed by atoms with Crippen LogP contribution >= 0.6 is 0 Å². The van der Waals surface area contributed by atoms with Gasteiger partial charge in [0, 0.05) is 19.0 Å². The Balaban J connectivity index is 1.78. The molecule has 0 fully saturated rings. The summed E-state index contributed by atoms with van der Waals surface area (Å²) in [7, 11) is -4.25. The summed E-state index contributed by atoms with van der Waals surface area (Å²) in [6.45, 7) is 4.99. The minimum absolute atomic E-state index is 0.0109. The molecule has 1 atom stereocenters. The summed E-state index contributed by atoms with van der Waals surface area (Å²) in [5.41, 5.74) is 2.62. The number of sulfonamides is 1. The zero-order valence-electron chi connectivity index (χ0n) is 24.5. The second-order valence-electron chi connectivity index (χ2n) is 10.7. The molecule has 4 aromatic carbocycles. The van der Waals surface area contributed by atoms with Gasteiger partial charge in [-0.1, -0.05) is 78.4 Å². The molecule has 0 saturated heterocycles. The molecule has 2 amide bonds. The molecule has 43 heavy (non-hydrogen) atoms. The largest absolute Gasteiger partial charge is 0.352 e. The van der Waals surface area contributed by atoms with Crippen LogP contribution in [0, 0.1) is 12.7 Å². The van der Waals surface area contributed by atoms with Gasteiger partial charge >= 0.3 is 0 Å². The number of halogens is 1. The quantitative estimate of drug-likeness (QED) is 0.233. The number of nitrogens with one attached hydrogen (secondary N) is 1. The number of hydrogen-bond acceptors (Lipinski definition) is 4. The first kappa shape index (κ1) is 31.4. The molecule has 0 heterocycles. The molecule has 4 rings (SSSR count). The normalized spacial score (nSPS) is 12.0. The van der Waals surface area contributed by atoms with Gasteiger partial charge in [-0.25, -0.2) is 12.8 Å². The van der Waals surface area contributed by atoms with Crippen molar-refractivity contribution in [1.82, 2.24) is 10.2 Å². The SMILES string of the molecule is Cc1ccc(S(=O)(=O)N(CC(=O)N(Cc2ccccc2)[C@@H](Cc2ccccc2)C(=O)NC(C)C)c2ccc(F)cc2)cc1. The number of rotatable bonds is 12. The number of amides is 2. The van der Waals surface area contributed by atoms with Crippen molar-refractivity contribution in [2.24, 2.45) is 0 Å². The molecule has 0 aliphatic carbocycles. The van der Waals surface area contributed by atoms with E-state index in [1.165, 1.54) is 29.2 Å². The summed E-state index contributed by atoms with van der Waals surface area (Å²) < 4.78 is 42.8. The number of benzene rings is 4. The zero-order chi connectivity index (χ0) is 31.0. The first-order chi connectivity index (χ1) is 20.5. The van der Waals surface area contributed by atoms with Crippen LogP contribution in [-0.4, -0.2) is 43.8 Å². The summed E-state index contributed by atoms with van der Waals surface area (Å²) in [6, 6.07) is 28.7. The molecule has 0 bridgehead atoms. The van der Waals surface area contributed by atoms with Gasteiger partial charge in [0.05, 0.1) is 10.6 Å². The van der Waals surface area contributed by atoms with Crippen LogP contribution in [0.4, 0.5) is 10.1 Å². The zero-order valence-corrected chi connectivity index (χ0v) is 25.3. The van der Waals surface area contributed by atoms with Gasteiger partial charge in [0.2, 0.25) is 11.8 Å². The van der Waals surface area contributed by atoms with E-state index in [0.29, 0.717) is 0 Å². The summed E-state index contributed by atoms with van der Waals surface area (Å²) in [5, 5.41) is 2.93. The Bertz CT molecular complexity index is 1610. The van der Waals surface area contributed by atoms with Crippen LogP contribution in [0.5, 0.6) is 0 Å². The van der Waals surface area contributed by atoms with E-state index in [0.717, 1.165) is 33.1 Å². The molecule has 7 nitrogen and oxygen atoms in total. The topological polar surface area (TPSA) is 86.8 Å². The predicted molar refractivity (Wildman–Crippen MR) is 166 cm³/mol. The summed E-state index contributed by atoms with van der Waals surface area (Å²) in [4.78, 5) is 29.4. The maximum atomic E-state index is 14.3. The van der Waals surface area contributed by atoms with Crippen LogP contribution in [0.3, 0.4) is 0 Å². The van der Waals surface area contributed by atoms with Crippen molar-refractivity contribution in [2.45, 2.75) is 50.7 Å². The average molecular weight is 602 g/mol. The lowest BCUT2D eigenvalue weighted by atomic mass is 10.0. The standard InChI is InChI=1S/C34H36FN3O4S/c1-25(2)36-34(40)32(22-27-10-6-4-7-11-27)37(23-28-12-8-5-9-13-28)33(39)24-38(30-18-16-29(35)17-19-30)43(41,42)31-20-14-26(3)15-21-31/h4-21,25,32H,22-24H2,1-3H3,(H,36,40)/t32-/m0/s1. The van der Waals surface area contributed by atoms with E-state index < -0.39 is 34.3 Å². The molecule has 1 N–H and O–H groups in total. The molecule has 9 heteroatoms. The van der Waals surface area contributed by atoms with Gasteiger partial charge in [-0.2, -0.15) is 0 Å². The molecular weight excluding hydrogens is 565 g/mol. The summed E-state index contributed by atoms with van der Waals surface area (Å²) >= 11 is 0. The molecule has 224 valence electrons. The fourth-order valence-electron chi connectivity index (χ4n) is 4.69. The van der Waals surface area contributed by atoms with Crippen LogP contribution < -0.4 is 9.62 Å². The van der Waals surface area contributed by atoms with E-state index in [2.05, 4.69) is 5.32 Å². The van der Waals surface area contributed by atoms with Gasteiger partial charge in [-0.05, 0) is 68.3 Å². The van der Waals surface area contributed by atoms with E-state index in [9.17, 15) is 22.4 Å². The van der Waals surface area contributed by atoms with Crippen LogP contribution in [0.2, 0.25) is 0 Å². The van der Waals surface area contributed by atoms with Gasteiger partial charge in [0.1, 0.15) is 18.4 Å². The molecule has 0 aliphatic rings. The Morgan fingerprint density at radius 1 is 0.791 bits per heavy atom. The monoisotopic (exact) mass is 601 g/mol. The molecule has 0 saturated carbocycles. The van der Waals surface area contributed by atoms with Gasteiger partial charge in [0.15, 0.2) is 0 Å². The number of carbonyl (C=O) groups is 2. The number of hydrogen-bond donors (Lipinski definition) is 1. The van der Waals surface area contributed by atoms with E-state index in [1.54, 1.807) is 12.1 Å². The second-order valence-corrected chi connectivity index (χ2v) is 12.5. The lowest BCUT2D eigenvalue weighted by Gasteiger charge is -2.34. The Morgan fingerprint density at radius 2 is 1.35 bits per heavy atom. The lowest BCUT2D eigenvalue weighted by Crippen LogP contribution is -2.54.